The van der Waals surface area contributed by atoms with Gasteiger partial charge in [0.05, 0.1) is 0 Å². The molecule has 20 heavy (non-hydrogen) atoms. The summed E-state index contributed by atoms with van der Waals surface area (Å²) in [5, 5.41) is 3.08. The van der Waals surface area contributed by atoms with Gasteiger partial charge in [-0.15, -0.1) is 0 Å². The summed E-state index contributed by atoms with van der Waals surface area (Å²) in [5.41, 5.74) is -0.587. The molecule has 2 aliphatic rings. The van der Waals surface area contributed by atoms with Crippen molar-refractivity contribution in [2.24, 2.45) is 11.8 Å². The molecule has 4 heteroatoms. The molecule has 1 aliphatic carbocycles. The molecule has 1 heterocycles. The molecule has 2 rings (SSSR count). The maximum absolute atomic E-state index is 13.0. The lowest BCUT2D eigenvalue weighted by molar-refractivity contribution is -0.157. The van der Waals surface area contributed by atoms with Crippen LogP contribution in [-0.2, 0) is 9.59 Å². The summed E-state index contributed by atoms with van der Waals surface area (Å²) in [7, 11) is 0. The monoisotopic (exact) mass is 280 g/mol. The Kier molecular flexibility index (Phi) is 4.40. The van der Waals surface area contributed by atoms with Crippen LogP contribution in [0.3, 0.4) is 0 Å². The molecule has 4 nitrogen and oxygen atoms in total. The van der Waals surface area contributed by atoms with Crippen LogP contribution in [0.5, 0.6) is 0 Å². The fourth-order valence-corrected chi connectivity index (χ4v) is 3.60. The number of piperazine rings is 1. The van der Waals surface area contributed by atoms with Crippen LogP contribution >= 0.6 is 0 Å². The largest absolute Gasteiger partial charge is 0.340 e. The van der Waals surface area contributed by atoms with Gasteiger partial charge in [-0.2, -0.15) is 0 Å². The second-order valence-electron chi connectivity index (χ2n) is 6.96. The fourth-order valence-electron chi connectivity index (χ4n) is 3.60. The predicted octanol–water partition coefficient (Wildman–Crippen LogP) is 2.33. The van der Waals surface area contributed by atoms with E-state index in [-0.39, 0.29) is 23.8 Å². The third-order valence-corrected chi connectivity index (χ3v) is 4.84. The van der Waals surface area contributed by atoms with Gasteiger partial charge in [-0.25, -0.2) is 0 Å². The normalized spacial score (nSPS) is 27.2. The van der Waals surface area contributed by atoms with E-state index >= 15 is 0 Å². The molecule has 114 valence electrons. The van der Waals surface area contributed by atoms with Gasteiger partial charge in [0.1, 0.15) is 11.6 Å². The zero-order valence-electron chi connectivity index (χ0n) is 13.2. The van der Waals surface area contributed by atoms with Crippen LogP contribution in [-0.4, -0.2) is 34.8 Å². The third kappa shape index (κ3) is 2.57. The summed E-state index contributed by atoms with van der Waals surface area (Å²) in [6.45, 7) is 9.04. The second kappa shape index (κ2) is 5.74. The highest BCUT2D eigenvalue weighted by atomic mass is 16.2. The number of nitrogens with zero attached hydrogens (tertiary/aromatic N) is 1. The quantitative estimate of drug-likeness (QED) is 0.859. The van der Waals surface area contributed by atoms with Gasteiger partial charge in [0.2, 0.25) is 11.8 Å². The number of rotatable bonds is 4. The van der Waals surface area contributed by atoms with Crippen LogP contribution in [0.4, 0.5) is 0 Å². The summed E-state index contributed by atoms with van der Waals surface area (Å²) in [5.74, 6) is 0.807. The highest BCUT2D eigenvalue weighted by molar-refractivity contribution is 6.00. The lowest BCUT2D eigenvalue weighted by Gasteiger charge is -2.46. The molecule has 2 amide bonds. The molecular weight excluding hydrogens is 252 g/mol. The molecule has 0 aromatic rings. The van der Waals surface area contributed by atoms with Crippen LogP contribution in [0.15, 0.2) is 0 Å². The van der Waals surface area contributed by atoms with E-state index in [0.717, 1.165) is 32.1 Å². The molecule has 1 N–H and O–H groups in total. The number of carbonyl (C=O) groups excluding carboxylic acids is 2. The standard InChI is InChI=1S/C16H28N2O2/c1-5-12(4)13-14(19)17-16(8-6-7-9-16)15(20)18(13)10-11(2)3/h11-13H,5-10H2,1-4H3,(H,17,19). The first kappa shape index (κ1) is 15.3. The summed E-state index contributed by atoms with van der Waals surface area (Å²) >= 11 is 0. The minimum Gasteiger partial charge on any atom is -0.340 e. The summed E-state index contributed by atoms with van der Waals surface area (Å²) < 4.78 is 0. The SMILES string of the molecule is CCC(C)C1C(=O)NC2(CCCC2)C(=O)N1CC(C)C. The number of amides is 2. The molecule has 0 aromatic heterocycles. The van der Waals surface area contributed by atoms with Crippen LogP contribution in [0.2, 0.25) is 0 Å². The smallest absolute Gasteiger partial charge is 0.249 e. The average molecular weight is 280 g/mol. The van der Waals surface area contributed by atoms with E-state index in [9.17, 15) is 9.59 Å². The van der Waals surface area contributed by atoms with Crippen molar-refractivity contribution in [3.63, 3.8) is 0 Å². The molecule has 2 unspecified atom stereocenters. The van der Waals surface area contributed by atoms with Gasteiger partial charge >= 0.3 is 0 Å². The molecule has 2 fully saturated rings. The van der Waals surface area contributed by atoms with Gasteiger partial charge in [0, 0.05) is 6.54 Å². The molecule has 0 radical (unpaired) electrons. The molecule has 2 atom stereocenters. The number of hydrogen-bond acceptors (Lipinski definition) is 2. The van der Waals surface area contributed by atoms with Gasteiger partial charge in [0.15, 0.2) is 0 Å². The molecule has 1 spiro atoms. The molecule has 1 aliphatic heterocycles. The van der Waals surface area contributed by atoms with E-state index < -0.39 is 5.54 Å². The van der Waals surface area contributed by atoms with Crippen molar-refractivity contribution in [2.45, 2.75) is 71.4 Å². The van der Waals surface area contributed by atoms with Gasteiger partial charge in [-0.05, 0) is 24.7 Å². The average Bonchev–Trinajstić information content (AvgIpc) is 2.84. The van der Waals surface area contributed by atoms with E-state index in [2.05, 4.69) is 33.0 Å². The van der Waals surface area contributed by atoms with Crippen molar-refractivity contribution >= 4 is 11.8 Å². The van der Waals surface area contributed by atoms with Gasteiger partial charge < -0.3 is 10.2 Å². The second-order valence-corrected chi connectivity index (χ2v) is 6.96. The van der Waals surface area contributed by atoms with Crippen molar-refractivity contribution in [1.82, 2.24) is 10.2 Å². The van der Waals surface area contributed by atoms with Gasteiger partial charge in [-0.3, -0.25) is 9.59 Å². The van der Waals surface area contributed by atoms with Crippen molar-refractivity contribution in [3.05, 3.63) is 0 Å². The Bertz CT molecular complexity index is 386. The highest BCUT2D eigenvalue weighted by Gasteiger charge is 2.52. The number of hydrogen-bond donors (Lipinski definition) is 1. The first-order valence-corrected chi connectivity index (χ1v) is 8.04. The molecule has 0 bridgehead atoms. The Balaban J connectivity index is 2.30. The van der Waals surface area contributed by atoms with E-state index in [0.29, 0.717) is 12.5 Å². The highest BCUT2D eigenvalue weighted by Crippen LogP contribution is 2.36. The zero-order chi connectivity index (χ0) is 14.9. The van der Waals surface area contributed by atoms with E-state index in [1.807, 2.05) is 4.90 Å². The van der Waals surface area contributed by atoms with E-state index in [1.54, 1.807) is 0 Å². The summed E-state index contributed by atoms with van der Waals surface area (Å²) in [6.07, 6.45) is 4.59. The molecule has 1 saturated carbocycles. The Morgan fingerprint density at radius 1 is 1.25 bits per heavy atom. The van der Waals surface area contributed by atoms with Crippen LogP contribution in [0.1, 0.15) is 59.8 Å². The predicted molar refractivity (Wildman–Crippen MR) is 79.1 cm³/mol. The van der Waals surface area contributed by atoms with Crippen molar-refractivity contribution in [1.29, 1.82) is 0 Å². The fraction of sp³-hybridized carbons (Fsp3) is 0.875. The number of carbonyl (C=O) groups is 2. The Labute approximate surface area is 122 Å². The van der Waals surface area contributed by atoms with Crippen LogP contribution < -0.4 is 5.32 Å². The molecule has 0 aromatic carbocycles. The Morgan fingerprint density at radius 3 is 2.35 bits per heavy atom. The van der Waals surface area contributed by atoms with Crippen molar-refractivity contribution in [2.75, 3.05) is 6.54 Å². The van der Waals surface area contributed by atoms with Crippen LogP contribution in [0.25, 0.3) is 0 Å². The maximum Gasteiger partial charge on any atom is 0.249 e. The zero-order valence-corrected chi connectivity index (χ0v) is 13.2. The Hall–Kier alpha value is -1.06. The summed E-state index contributed by atoms with van der Waals surface area (Å²) in [6, 6.07) is -0.291. The first-order valence-electron chi connectivity index (χ1n) is 8.04. The van der Waals surface area contributed by atoms with Crippen molar-refractivity contribution < 1.29 is 9.59 Å². The maximum atomic E-state index is 13.0. The van der Waals surface area contributed by atoms with E-state index in [1.165, 1.54) is 0 Å². The van der Waals surface area contributed by atoms with Gasteiger partial charge in [0.25, 0.3) is 0 Å². The van der Waals surface area contributed by atoms with E-state index in [4.69, 9.17) is 0 Å². The third-order valence-electron chi connectivity index (χ3n) is 4.84. The van der Waals surface area contributed by atoms with Crippen molar-refractivity contribution in [3.8, 4) is 0 Å². The molecule has 1 saturated heterocycles. The minimum atomic E-state index is -0.587. The lowest BCUT2D eigenvalue weighted by Crippen LogP contribution is -2.71. The lowest BCUT2D eigenvalue weighted by atomic mass is 9.85. The first-order chi connectivity index (χ1) is 9.41. The molecular formula is C16H28N2O2. The minimum absolute atomic E-state index is 0.0569. The van der Waals surface area contributed by atoms with Gasteiger partial charge in [-0.1, -0.05) is 47.0 Å². The number of nitrogens with one attached hydrogen (secondary N) is 1. The topological polar surface area (TPSA) is 49.4 Å². The summed E-state index contributed by atoms with van der Waals surface area (Å²) in [4.78, 5) is 27.4. The Morgan fingerprint density at radius 2 is 1.85 bits per heavy atom. The van der Waals surface area contributed by atoms with Crippen LogP contribution in [0, 0.1) is 11.8 Å².